The number of para-hydroxylation sites is 1. The van der Waals surface area contributed by atoms with Gasteiger partial charge in [0.25, 0.3) is 5.91 Å². The summed E-state index contributed by atoms with van der Waals surface area (Å²) >= 11 is 0. The molecule has 1 amide bonds. The minimum Gasteiger partial charge on any atom is -0.496 e. The van der Waals surface area contributed by atoms with Crippen LogP contribution >= 0.6 is 0 Å². The molecule has 116 valence electrons. The van der Waals surface area contributed by atoms with E-state index in [1.807, 2.05) is 62.4 Å². The molecular formula is C18H21NO3. The van der Waals surface area contributed by atoms with Gasteiger partial charge in [-0.25, -0.2) is 0 Å². The van der Waals surface area contributed by atoms with Gasteiger partial charge >= 0.3 is 0 Å². The molecule has 0 saturated heterocycles. The van der Waals surface area contributed by atoms with Gasteiger partial charge < -0.3 is 14.8 Å². The Kier molecular flexibility index (Phi) is 5.42. The van der Waals surface area contributed by atoms with Crippen LogP contribution in [0.4, 0.5) is 0 Å². The summed E-state index contributed by atoms with van der Waals surface area (Å²) < 4.78 is 10.8. The van der Waals surface area contributed by atoms with Gasteiger partial charge in [-0.2, -0.15) is 0 Å². The van der Waals surface area contributed by atoms with Crippen molar-refractivity contribution in [2.24, 2.45) is 0 Å². The number of carbonyl (C=O) groups excluding carboxylic acids is 1. The maximum Gasteiger partial charge on any atom is 0.258 e. The minimum atomic E-state index is -0.167. The summed E-state index contributed by atoms with van der Waals surface area (Å²) in [4.78, 5) is 12.0. The van der Waals surface area contributed by atoms with Crippen molar-refractivity contribution in [3.63, 3.8) is 0 Å². The highest BCUT2D eigenvalue weighted by Gasteiger charge is 2.14. The molecule has 0 bridgehead atoms. The van der Waals surface area contributed by atoms with Crippen LogP contribution in [0.1, 0.15) is 24.1 Å². The molecule has 1 unspecified atom stereocenters. The Hall–Kier alpha value is -2.49. The number of aryl methyl sites for hydroxylation is 1. The summed E-state index contributed by atoms with van der Waals surface area (Å²) in [6, 6.07) is 15.0. The van der Waals surface area contributed by atoms with Crippen molar-refractivity contribution in [3.8, 4) is 11.5 Å². The zero-order valence-electron chi connectivity index (χ0n) is 13.1. The summed E-state index contributed by atoms with van der Waals surface area (Å²) in [6.45, 7) is 3.93. The Morgan fingerprint density at radius 3 is 2.59 bits per heavy atom. The molecule has 2 aromatic rings. The van der Waals surface area contributed by atoms with E-state index in [1.165, 1.54) is 0 Å². The molecule has 1 N–H and O–H groups in total. The fourth-order valence-electron chi connectivity index (χ4n) is 2.22. The van der Waals surface area contributed by atoms with Crippen molar-refractivity contribution in [2.45, 2.75) is 19.9 Å². The highest BCUT2D eigenvalue weighted by molar-refractivity contribution is 5.78. The molecule has 0 aliphatic heterocycles. The first-order valence-corrected chi connectivity index (χ1v) is 7.22. The normalized spacial score (nSPS) is 11.6. The van der Waals surface area contributed by atoms with Gasteiger partial charge in [0, 0.05) is 5.56 Å². The topological polar surface area (TPSA) is 47.6 Å². The first kappa shape index (κ1) is 15.9. The zero-order chi connectivity index (χ0) is 15.9. The van der Waals surface area contributed by atoms with E-state index in [0.29, 0.717) is 5.75 Å². The quantitative estimate of drug-likeness (QED) is 0.890. The second kappa shape index (κ2) is 7.50. The molecule has 0 heterocycles. The van der Waals surface area contributed by atoms with Gasteiger partial charge in [-0.1, -0.05) is 35.9 Å². The predicted octanol–water partition coefficient (Wildman–Crippen LogP) is 3.26. The van der Waals surface area contributed by atoms with Gasteiger partial charge in [-0.3, -0.25) is 4.79 Å². The Labute approximate surface area is 131 Å². The van der Waals surface area contributed by atoms with Gasteiger partial charge in [0.05, 0.1) is 13.2 Å². The molecule has 0 aromatic heterocycles. The van der Waals surface area contributed by atoms with Crippen LogP contribution in [0.2, 0.25) is 0 Å². The summed E-state index contributed by atoms with van der Waals surface area (Å²) in [5.41, 5.74) is 2.08. The van der Waals surface area contributed by atoms with E-state index >= 15 is 0 Å². The second-order valence-corrected chi connectivity index (χ2v) is 5.14. The maximum absolute atomic E-state index is 12.0. The number of hydrogen-bond donors (Lipinski definition) is 1. The van der Waals surface area contributed by atoms with Crippen molar-refractivity contribution >= 4 is 5.91 Å². The smallest absolute Gasteiger partial charge is 0.258 e. The van der Waals surface area contributed by atoms with E-state index < -0.39 is 0 Å². The molecule has 0 fully saturated rings. The SMILES string of the molecule is COc1ccc(C)cc1C(C)NC(=O)COc1ccccc1. The summed E-state index contributed by atoms with van der Waals surface area (Å²) in [7, 11) is 1.63. The average Bonchev–Trinajstić information content (AvgIpc) is 2.54. The third-order valence-corrected chi connectivity index (χ3v) is 3.34. The van der Waals surface area contributed by atoms with Gasteiger partial charge in [-0.15, -0.1) is 0 Å². The lowest BCUT2D eigenvalue weighted by Gasteiger charge is -2.18. The molecule has 1 atom stereocenters. The number of hydrogen-bond acceptors (Lipinski definition) is 3. The largest absolute Gasteiger partial charge is 0.496 e. The number of nitrogens with one attached hydrogen (secondary N) is 1. The number of carbonyl (C=O) groups is 1. The number of rotatable bonds is 6. The molecule has 2 rings (SSSR count). The lowest BCUT2D eigenvalue weighted by atomic mass is 10.0. The molecular weight excluding hydrogens is 278 g/mol. The van der Waals surface area contributed by atoms with Crippen LogP contribution in [0.5, 0.6) is 11.5 Å². The first-order valence-electron chi connectivity index (χ1n) is 7.22. The van der Waals surface area contributed by atoms with Crippen molar-refractivity contribution in [2.75, 3.05) is 13.7 Å². The second-order valence-electron chi connectivity index (χ2n) is 5.14. The van der Waals surface area contributed by atoms with E-state index in [2.05, 4.69) is 5.32 Å². The minimum absolute atomic E-state index is 0.0114. The third kappa shape index (κ3) is 4.25. The Morgan fingerprint density at radius 2 is 1.91 bits per heavy atom. The van der Waals surface area contributed by atoms with E-state index in [9.17, 15) is 4.79 Å². The van der Waals surface area contributed by atoms with E-state index in [4.69, 9.17) is 9.47 Å². The van der Waals surface area contributed by atoms with Crippen LogP contribution < -0.4 is 14.8 Å². The molecule has 22 heavy (non-hydrogen) atoms. The van der Waals surface area contributed by atoms with Crippen molar-refractivity contribution in [1.82, 2.24) is 5.32 Å². The zero-order valence-corrected chi connectivity index (χ0v) is 13.1. The van der Waals surface area contributed by atoms with Gasteiger partial charge in [0.1, 0.15) is 11.5 Å². The molecule has 0 radical (unpaired) electrons. The van der Waals surface area contributed by atoms with E-state index in [-0.39, 0.29) is 18.6 Å². The maximum atomic E-state index is 12.0. The molecule has 4 heteroatoms. The Balaban J connectivity index is 1.95. The van der Waals surface area contributed by atoms with Crippen molar-refractivity contribution in [1.29, 1.82) is 0 Å². The first-order chi connectivity index (χ1) is 10.6. The number of ether oxygens (including phenoxy) is 2. The predicted molar refractivity (Wildman–Crippen MR) is 86.2 cm³/mol. The lowest BCUT2D eigenvalue weighted by molar-refractivity contribution is -0.123. The Bertz CT molecular complexity index is 625. The summed E-state index contributed by atoms with van der Waals surface area (Å²) in [6.07, 6.45) is 0. The van der Waals surface area contributed by atoms with Gasteiger partial charge in [0.2, 0.25) is 0 Å². The average molecular weight is 299 g/mol. The third-order valence-electron chi connectivity index (χ3n) is 3.34. The van der Waals surface area contributed by atoms with Crippen LogP contribution in [0.3, 0.4) is 0 Å². The molecule has 2 aromatic carbocycles. The fourth-order valence-corrected chi connectivity index (χ4v) is 2.22. The molecule has 0 saturated carbocycles. The lowest BCUT2D eigenvalue weighted by Crippen LogP contribution is -2.31. The van der Waals surface area contributed by atoms with Crippen molar-refractivity contribution in [3.05, 3.63) is 59.7 Å². The monoisotopic (exact) mass is 299 g/mol. The van der Waals surface area contributed by atoms with Crippen LogP contribution in [0.25, 0.3) is 0 Å². The van der Waals surface area contributed by atoms with Crippen LogP contribution in [0, 0.1) is 6.92 Å². The molecule has 4 nitrogen and oxygen atoms in total. The van der Waals surface area contributed by atoms with Gasteiger partial charge in [-0.05, 0) is 32.0 Å². The van der Waals surface area contributed by atoms with Gasteiger partial charge in [0.15, 0.2) is 6.61 Å². The molecule has 0 aliphatic rings. The van der Waals surface area contributed by atoms with Crippen LogP contribution in [0.15, 0.2) is 48.5 Å². The van der Waals surface area contributed by atoms with Crippen LogP contribution in [-0.4, -0.2) is 19.6 Å². The molecule has 0 aliphatic carbocycles. The number of methoxy groups -OCH3 is 1. The number of amides is 1. The summed E-state index contributed by atoms with van der Waals surface area (Å²) in [5.74, 6) is 1.28. The highest BCUT2D eigenvalue weighted by Crippen LogP contribution is 2.25. The standard InChI is InChI=1S/C18H21NO3/c1-13-9-10-17(21-3)16(11-13)14(2)19-18(20)12-22-15-7-5-4-6-8-15/h4-11,14H,12H2,1-3H3,(H,19,20). The molecule has 0 spiro atoms. The fraction of sp³-hybridized carbons (Fsp3) is 0.278. The van der Waals surface area contributed by atoms with E-state index in [1.54, 1.807) is 7.11 Å². The number of benzene rings is 2. The van der Waals surface area contributed by atoms with Crippen LogP contribution in [-0.2, 0) is 4.79 Å². The van der Waals surface area contributed by atoms with E-state index in [0.717, 1.165) is 16.9 Å². The summed E-state index contributed by atoms with van der Waals surface area (Å²) in [5, 5.41) is 2.92. The Morgan fingerprint density at radius 1 is 1.18 bits per heavy atom. The highest BCUT2D eigenvalue weighted by atomic mass is 16.5. The van der Waals surface area contributed by atoms with Crippen molar-refractivity contribution < 1.29 is 14.3 Å².